The summed E-state index contributed by atoms with van der Waals surface area (Å²) in [7, 11) is 3.05. The zero-order valence-electron chi connectivity index (χ0n) is 46.9. The minimum Gasteiger partial charge on any atom is -0.467 e. The predicted octanol–water partition coefficient (Wildman–Crippen LogP) is 18.2. The molecule has 2 atom stereocenters. The third kappa shape index (κ3) is 2.54. The van der Waals surface area contributed by atoms with E-state index >= 15 is 14.4 Å². The molecule has 28 aromatic rings. The van der Waals surface area contributed by atoms with Gasteiger partial charge < -0.3 is 19.1 Å². The summed E-state index contributed by atoms with van der Waals surface area (Å²) in [5, 5.41) is 77.0. The third-order valence-corrected chi connectivity index (χ3v) is 29.1. The molecule has 0 saturated carbocycles. The monoisotopic (exact) mass is 1140 g/mol. The number of likely N-dealkylation sites (tertiary alicyclic amines) is 1. The summed E-state index contributed by atoms with van der Waals surface area (Å²) < 4.78 is 18.3. The predicted molar refractivity (Wildman–Crippen MR) is 359 cm³/mol. The van der Waals surface area contributed by atoms with Crippen molar-refractivity contribution in [2.75, 3.05) is 32.8 Å². The second-order valence-electron chi connectivity index (χ2n) is 29.9. The fourth-order valence-corrected chi connectivity index (χ4v) is 27.9. The number of hydrogen-bond donors (Lipinski definition) is 0. The number of rotatable bonds is 14. The quantitative estimate of drug-likeness (QED) is 0.0460. The molecule has 1 fully saturated rings. The van der Waals surface area contributed by atoms with E-state index in [-0.39, 0.29) is 18.3 Å². The van der Waals surface area contributed by atoms with E-state index in [0.717, 1.165) is 37.9 Å². The molecule has 5 aliphatic rings. The van der Waals surface area contributed by atoms with Gasteiger partial charge in [-0.1, -0.05) is 25.7 Å². The number of amides is 1. The van der Waals surface area contributed by atoms with Crippen LogP contribution in [0.5, 0.6) is 0 Å². The van der Waals surface area contributed by atoms with E-state index in [1.807, 2.05) is 11.2 Å². The molecule has 0 radical (unpaired) electrons. The van der Waals surface area contributed by atoms with Crippen molar-refractivity contribution >= 4 is 326 Å². The Labute approximate surface area is 491 Å². The van der Waals surface area contributed by atoms with Gasteiger partial charge in [0, 0.05) is 18.6 Å². The van der Waals surface area contributed by atoms with Crippen LogP contribution >= 0.6 is 11.8 Å². The molecule has 4 aliphatic carbocycles. The van der Waals surface area contributed by atoms with Gasteiger partial charge in [0.1, 0.15) is 18.7 Å². The Balaban J connectivity index is 0.847. The normalized spacial score (nSPS) is 21.9. The van der Waals surface area contributed by atoms with E-state index in [9.17, 15) is 4.79 Å². The molecule has 0 aromatic heterocycles. The second-order valence-corrected chi connectivity index (χ2v) is 30.8. The number of unbranched alkanes of at least 4 members (excludes halogenated alkanes) is 5. The maximum atomic E-state index is 16.7. The summed E-state index contributed by atoms with van der Waals surface area (Å²) in [4.78, 5) is 64.5. The number of thioether (sulfide) groups is 1. The molecule has 400 valence electrons. The Morgan fingerprint density at radius 3 is 0.739 bits per heavy atom. The number of benzene rings is 18. The summed E-state index contributed by atoms with van der Waals surface area (Å²) in [6.45, 7) is 0.447. The van der Waals surface area contributed by atoms with Crippen molar-refractivity contribution in [1.82, 2.24) is 4.90 Å². The molecule has 88 heavy (non-hydrogen) atoms. The number of hydrogen-bond acceptors (Lipinski definition) is 8. The molecule has 0 unspecified atom stereocenters. The van der Waals surface area contributed by atoms with Gasteiger partial charge in [-0.3, -0.25) is 9.59 Å². The molecule has 8 nitrogen and oxygen atoms in total. The van der Waals surface area contributed by atoms with Crippen LogP contribution in [0.2, 0.25) is 0 Å². The maximum Gasteiger partial charge on any atom is 0.329 e. The van der Waals surface area contributed by atoms with Crippen LogP contribution in [-0.2, 0) is 44.2 Å². The van der Waals surface area contributed by atoms with Gasteiger partial charge in [-0.25, -0.2) is 9.59 Å². The summed E-state index contributed by atoms with van der Waals surface area (Å²) in [6.07, 6.45) is 7.54. The van der Waals surface area contributed by atoms with Gasteiger partial charge in [0.25, 0.3) is 0 Å². The lowest BCUT2D eigenvalue weighted by molar-refractivity contribution is -0.159. The second kappa shape index (κ2) is 10.2. The van der Waals surface area contributed by atoms with Crippen molar-refractivity contribution in [3.8, 4) is 0 Å². The van der Waals surface area contributed by atoms with Gasteiger partial charge in [-0.15, -0.1) is 0 Å². The van der Waals surface area contributed by atoms with Crippen LogP contribution in [0, 0.1) is 0 Å². The van der Waals surface area contributed by atoms with Crippen LogP contribution in [-0.4, -0.2) is 73.6 Å². The van der Waals surface area contributed by atoms with Crippen molar-refractivity contribution in [2.45, 2.75) is 74.3 Å². The first kappa shape index (κ1) is 39.5. The lowest BCUT2D eigenvalue weighted by Gasteiger charge is -2.51. The van der Waals surface area contributed by atoms with Crippen LogP contribution in [0.15, 0.2) is 0 Å². The molecule has 1 heterocycles. The number of carbonyl (C=O) groups is 4. The first-order chi connectivity index (χ1) is 43.5. The fourth-order valence-electron chi connectivity index (χ4n) is 27.7. The van der Waals surface area contributed by atoms with E-state index in [1.165, 1.54) is 317 Å². The molecule has 28 aromatic carbocycles. The van der Waals surface area contributed by atoms with Crippen molar-refractivity contribution in [3.63, 3.8) is 0 Å². The number of esters is 3. The molecule has 2 spiro atoms. The maximum absolute atomic E-state index is 16.7. The molecular formula is C79H31NO7S. The highest BCUT2D eigenvalue weighted by Gasteiger charge is 2.83. The molecule has 9 heteroatoms. The lowest BCUT2D eigenvalue weighted by atomic mass is 9.46. The highest BCUT2D eigenvalue weighted by molar-refractivity contribution is 7.98. The van der Waals surface area contributed by atoms with E-state index in [4.69, 9.17) is 14.2 Å². The van der Waals surface area contributed by atoms with Crippen LogP contribution in [0.3, 0.4) is 0 Å². The van der Waals surface area contributed by atoms with E-state index in [0.29, 0.717) is 19.4 Å². The van der Waals surface area contributed by atoms with Gasteiger partial charge in [0.15, 0.2) is 0 Å². The Bertz CT molecular complexity index is 7250. The average molecular weight is 1140 g/mol. The minimum absolute atomic E-state index is 0.135. The molecule has 1 amide bonds. The van der Waals surface area contributed by atoms with Crippen molar-refractivity contribution in [1.29, 1.82) is 0 Å². The van der Waals surface area contributed by atoms with E-state index < -0.39 is 34.9 Å². The smallest absolute Gasteiger partial charge is 0.329 e. The SMILES string of the molecule is COC(=O)[C@@H]1N(C(=O)CCCCCCCCC(=O)OCCSC)[C@H](C(=O)OC)C23c4c5c6c7c8c9c(c%10c%11c2c2c4c4c%12c5c5c6c6c8c8c%13c9c9c%10c%10c%11c%11c2c2c4c4c%12c%12c5c5c6c8c6c8c%13c9c9c%10c%10c%11c2c2c4c4c%12c5c6c5c8c9c%10c2c45)C713. The zero-order chi connectivity index (χ0) is 55.4. The number of nitrogens with zero attached hydrogens (tertiary/aromatic N) is 1. The topological polar surface area (TPSA) is 99.2 Å². The summed E-state index contributed by atoms with van der Waals surface area (Å²) >= 11 is 1.67. The van der Waals surface area contributed by atoms with Crippen LogP contribution in [0.25, 0.3) is 291 Å². The highest BCUT2D eigenvalue weighted by Crippen LogP contribution is 2.87. The Kier molecular flexibility index (Phi) is 4.57. The van der Waals surface area contributed by atoms with Crippen LogP contribution in [0.4, 0.5) is 0 Å². The lowest BCUT2D eigenvalue weighted by Crippen LogP contribution is -2.59. The third-order valence-electron chi connectivity index (χ3n) is 28.5. The molecule has 1 aliphatic heterocycles. The number of carbonyl (C=O) groups excluding carboxylic acids is 4. The van der Waals surface area contributed by atoms with E-state index in [1.54, 1.807) is 22.5 Å². The molecule has 1 saturated heterocycles. The Hall–Kier alpha value is -9.31. The van der Waals surface area contributed by atoms with Gasteiger partial charge in [0.05, 0.1) is 25.0 Å². The fraction of sp³-hybridized carbons (Fsp3) is 0.215. The van der Waals surface area contributed by atoms with Gasteiger partial charge >= 0.3 is 17.9 Å². The molecule has 0 bridgehead atoms. The van der Waals surface area contributed by atoms with Gasteiger partial charge in [-0.2, -0.15) is 11.8 Å². The number of methoxy groups -OCH3 is 2. The molecule has 0 N–H and O–H groups in total. The first-order valence-corrected chi connectivity index (χ1v) is 33.7. The van der Waals surface area contributed by atoms with Crippen LogP contribution < -0.4 is 0 Å². The molecular weight excluding hydrogens is 1110 g/mol. The first-order valence-electron chi connectivity index (χ1n) is 32.3. The highest BCUT2D eigenvalue weighted by atomic mass is 32.2. The average Bonchev–Trinajstić information content (AvgIpc) is 1.38. The van der Waals surface area contributed by atoms with Crippen molar-refractivity contribution in [2.24, 2.45) is 0 Å². The summed E-state index contributed by atoms with van der Waals surface area (Å²) in [5.41, 5.74) is 2.20. The summed E-state index contributed by atoms with van der Waals surface area (Å²) in [5.74, 6) is -0.430. The Morgan fingerprint density at radius 1 is 0.318 bits per heavy atom. The Morgan fingerprint density at radius 2 is 0.523 bits per heavy atom. The largest absolute Gasteiger partial charge is 0.467 e. The van der Waals surface area contributed by atoms with Crippen molar-refractivity contribution in [3.05, 3.63) is 22.3 Å². The summed E-state index contributed by atoms with van der Waals surface area (Å²) in [6, 6.07) is -2.39. The van der Waals surface area contributed by atoms with Gasteiger partial charge in [-0.05, 0) is 332 Å². The van der Waals surface area contributed by atoms with Crippen LogP contribution in [0.1, 0.15) is 73.6 Å². The minimum atomic E-state index is -1.28. The standard InChI is InChI=1S/C79H31NO7S/c1-85-76(83)74-78-70-62-54-44-34-26-18-16-17-20-24-22(18)30-38-32(24)42-36-28(20)29-21(17)25-23-19(16)27(26)35-41-31(23)39-33(25)43-37(29)47-46(36)56-50(42)60-52(38)58(48(54)40(30)34)66(70)68(60)72-64(56)65-57(47)51(43)61-53(39)59-49(41)55(45(35)44)63(62)71(78)67(59)69(61)73(65)79(72,78)75(77(84)86-2)80(74)14(81)10-8-6-4-5-7-9-11-15(82)87-12-13-88-3/h74-75H,4-13H2,1-3H3/t74-,75+,78?,79?. The van der Waals surface area contributed by atoms with Crippen molar-refractivity contribution < 1.29 is 33.4 Å². The number of ether oxygens (including phenoxy) is 3. The van der Waals surface area contributed by atoms with Gasteiger partial charge in [0.2, 0.25) is 5.91 Å². The zero-order valence-corrected chi connectivity index (χ0v) is 47.8. The molecule has 33 rings (SSSR count). The van der Waals surface area contributed by atoms with E-state index in [2.05, 4.69) is 0 Å².